The van der Waals surface area contributed by atoms with Crippen LogP contribution in [0.3, 0.4) is 0 Å². The number of aryl methyl sites for hydroxylation is 1. The van der Waals surface area contributed by atoms with Crippen LogP contribution < -0.4 is 10.1 Å². The lowest BCUT2D eigenvalue weighted by Gasteiger charge is -2.10. The molecule has 0 spiro atoms. The second-order valence-electron chi connectivity index (χ2n) is 6.03. The first kappa shape index (κ1) is 17.9. The van der Waals surface area contributed by atoms with Gasteiger partial charge in [-0.15, -0.1) is 0 Å². The Hall–Kier alpha value is -2.43. The number of halogens is 1. The summed E-state index contributed by atoms with van der Waals surface area (Å²) >= 11 is 0. The molecule has 1 aromatic carbocycles. The van der Waals surface area contributed by atoms with Crippen molar-refractivity contribution in [3.63, 3.8) is 0 Å². The minimum Gasteiger partial charge on any atom is -0.489 e. The number of pyridine rings is 1. The fraction of sp³-hybridized carbons (Fsp3) is 0.368. The maximum Gasteiger partial charge on any atom is 0.269 e. The van der Waals surface area contributed by atoms with E-state index in [4.69, 9.17) is 4.74 Å². The minimum absolute atomic E-state index is 0.177. The molecule has 24 heavy (non-hydrogen) atoms. The van der Waals surface area contributed by atoms with E-state index in [9.17, 15) is 9.18 Å². The minimum atomic E-state index is -0.323. The van der Waals surface area contributed by atoms with E-state index in [2.05, 4.69) is 24.1 Å². The van der Waals surface area contributed by atoms with E-state index in [0.717, 1.165) is 17.5 Å². The molecule has 1 unspecified atom stereocenters. The second kappa shape index (κ2) is 8.43. The van der Waals surface area contributed by atoms with Crippen LogP contribution in [-0.2, 0) is 6.61 Å². The van der Waals surface area contributed by atoms with Crippen molar-refractivity contribution in [1.82, 2.24) is 10.3 Å². The number of amides is 1. The third-order valence-electron chi connectivity index (χ3n) is 3.79. The van der Waals surface area contributed by atoms with Gasteiger partial charge in [0.2, 0.25) is 0 Å². The monoisotopic (exact) mass is 330 g/mol. The van der Waals surface area contributed by atoms with Crippen LogP contribution >= 0.6 is 0 Å². The summed E-state index contributed by atoms with van der Waals surface area (Å²) in [6, 6.07) is 8.02. The number of ether oxygens (including phenoxy) is 1. The molecule has 1 heterocycles. The van der Waals surface area contributed by atoms with Crippen molar-refractivity contribution < 1.29 is 13.9 Å². The molecule has 0 radical (unpaired) electrons. The van der Waals surface area contributed by atoms with Gasteiger partial charge in [0, 0.05) is 24.4 Å². The first-order valence-electron chi connectivity index (χ1n) is 8.11. The number of rotatable bonds is 7. The Morgan fingerprint density at radius 3 is 2.75 bits per heavy atom. The Balaban J connectivity index is 1.90. The van der Waals surface area contributed by atoms with E-state index in [-0.39, 0.29) is 18.3 Å². The highest BCUT2D eigenvalue weighted by Gasteiger charge is 2.08. The number of aromatic nitrogens is 1. The first-order valence-corrected chi connectivity index (χ1v) is 8.11. The van der Waals surface area contributed by atoms with Crippen LogP contribution in [0.5, 0.6) is 5.75 Å². The molecular formula is C19H23FN2O2. The standard InChI is InChI=1S/C19H23FN2O2/c1-4-13(2)10-22-19(23)18-6-5-15(11-21-18)12-24-17-8-14(3)7-16(20)9-17/h5-9,11,13H,4,10,12H2,1-3H3,(H,22,23). The molecule has 5 heteroatoms. The molecule has 1 atom stereocenters. The fourth-order valence-corrected chi connectivity index (χ4v) is 2.10. The van der Waals surface area contributed by atoms with Crippen LogP contribution in [0.1, 0.15) is 41.9 Å². The Morgan fingerprint density at radius 1 is 1.33 bits per heavy atom. The quantitative estimate of drug-likeness (QED) is 0.838. The van der Waals surface area contributed by atoms with Gasteiger partial charge in [-0.25, -0.2) is 4.39 Å². The van der Waals surface area contributed by atoms with Crippen molar-refractivity contribution in [3.8, 4) is 5.75 Å². The topological polar surface area (TPSA) is 51.2 Å². The van der Waals surface area contributed by atoms with Gasteiger partial charge in [-0.1, -0.05) is 26.3 Å². The zero-order chi connectivity index (χ0) is 17.5. The highest BCUT2D eigenvalue weighted by atomic mass is 19.1. The number of benzene rings is 1. The average Bonchev–Trinajstić information content (AvgIpc) is 2.57. The number of hydrogen-bond donors (Lipinski definition) is 1. The molecule has 0 saturated carbocycles. The van der Waals surface area contributed by atoms with Crippen LogP contribution in [0.2, 0.25) is 0 Å². The normalized spacial score (nSPS) is 11.8. The Morgan fingerprint density at radius 2 is 2.12 bits per heavy atom. The van der Waals surface area contributed by atoms with Gasteiger partial charge in [0.15, 0.2) is 0 Å². The zero-order valence-corrected chi connectivity index (χ0v) is 14.3. The van der Waals surface area contributed by atoms with E-state index < -0.39 is 0 Å². The van der Waals surface area contributed by atoms with E-state index >= 15 is 0 Å². The van der Waals surface area contributed by atoms with Gasteiger partial charge in [0.05, 0.1) is 0 Å². The van der Waals surface area contributed by atoms with Gasteiger partial charge >= 0.3 is 0 Å². The van der Waals surface area contributed by atoms with Gasteiger partial charge in [-0.05, 0) is 36.6 Å². The Bertz CT molecular complexity index is 666. The number of nitrogens with one attached hydrogen (secondary N) is 1. The summed E-state index contributed by atoms with van der Waals surface area (Å²) in [5, 5.41) is 2.87. The molecule has 0 aliphatic carbocycles. The molecular weight excluding hydrogens is 307 g/mol. The lowest BCUT2D eigenvalue weighted by Crippen LogP contribution is -2.28. The molecule has 1 aromatic heterocycles. The SMILES string of the molecule is CCC(C)CNC(=O)c1ccc(COc2cc(C)cc(F)c2)cn1. The third kappa shape index (κ3) is 5.33. The van der Waals surface area contributed by atoms with E-state index in [0.29, 0.717) is 23.9 Å². The number of hydrogen-bond acceptors (Lipinski definition) is 3. The van der Waals surface area contributed by atoms with Gasteiger partial charge in [-0.3, -0.25) is 9.78 Å². The van der Waals surface area contributed by atoms with Crippen molar-refractivity contribution in [2.45, 2.75) is 33.8 Å². The van der Waals surface area contributed by atoms with Crippen LogP contribution in [0.25, 0.3) is 0 Å². The smallest absolute Gasteiger partial charge is 0.269 e. The zero-order valence-electron chi connectivity index (χ0n) is 14.3. The van der Waals surface area contributed by atoms with E-state index in [1.165, 1.54) is 12.1 Å². The lowest BCUT2D eigenvalue weighted by atomic mass is 10.1. The summed E-state index contributed by atoms with van der Waals surface area (Å²) in [6.45, 7) is 6.89. The molecule has 2 rings (SSSR count). The summed E-state index contributed by atoms with van der Waals surface area (Å²) in [5.41, 5.74) is 2.00. The third-order valence-corrected chi connectivity index (χ3v) is 3.79. The molecule has 0 aliphatic heterocycles. The van der Waals surface area contributed by atoms with Crippen molar-refractivity contribution in [2.75, 3.05) is 6.54 Å². The van der Waals surface area contributed by atoms with Crippen LogP contribution in [0.4, 0.5) is 4.39 Å². The lowest BCUT2D eigenvalue weighted by molar-refractivity contribution is 0.0942. The van der Waals surface area contributed by atoms with Crippen molar-refractivity contribution in [3.05, 3.63) is 59.2 Å². The highest BCUT2D eigenvalue weighted by molar-refractivity contribution is 5.92. The molecule has 0 bridgehead atoms. The molecule has 128 valence electrons. The number of nitrogens with zero attached hydrogens (tertiary/aromatic N) is 1. The molecule has 1 amide bonds. The van der Waals surface area contributed by atoms with Gasteiger partial charge in [0.1, 0.15) is 23.9 Å². The van der Waals surface area contributed by atoms with E-state index in [1.807, 2.05) is 6.92 Å². The Kier molecular flexibility index (Phi) is 6.29. The first-order chi connectivity index (χ1) is 11.5. The largest absolute Gasteiger partial charge is 0.489 e. The van der Waals surface area contributed by atoms with Crippen LogP contribution in [0, 0.1) is 18.7 Å². The van der Waals surface area contributed by atoms with Gasteiger partial charge < -0.3 is 10.1 Å². The highest BCUT2D eigenvalue weighted by Crippen LogP contribution is 2.17. The molecule has 0 aliphatic rings. The van der Waals surface area contributed by atoms with E-state index in [1.54, 1.807) is 24.4 Å². The number of carbonyl (C=O) groups excluding carboxylic acids is 1. The molecule has 2 aromatic rings. The predicted molar refractivity (Wildman–Crippen MR) is 91.5 cm³/mol. The summed E-state index contributed by atoms with van der Waals surface area (Å²) in [4.78, 5) is 16.1. The maximum atomic E-state index is 13.3. The second-order valence-corrected chi connectivity index (χ2v) is 6.03. The number of carbonyl (C=O) groups is 1. The Labute approximate surface area is 142 Å². The van der Waals surface area contributed by atoms with Crippen molar-refractivity contribution in [2.24, 2.45) is 5.92 Å². The molecule has 4 nitrogen and oxygen atoms in total. The van der Waals surface area contributed by atoms with Crippen molar-refractivity contribution in [1.29, 1.82) is 0 Å². The summed E-state index contributed by atoms with van der Waals surface area (Å²) in [5.74, 6) is 0.416. The molecule has 0 fully saturated rings. The van der Waals surface area contributed by atoms with Gasteiger partial charge in [0.25, 0.3) is 5.91 Å². The summed E-state index contributed by atoms with van der Waals surface area (Å²) in [7, 11) is 0. The molecule has 1 N–H and O–H groups in total. The van der Waals surface area contributed by atoms with Crippen LogP contribution in [0.15, 0.2) is 36.5 Å². The van der Waals surface area contributed by atoms with Crippen LogP contribution in [-0.4, -0.2) is 17.4 Å². The predicted octanol–water partition coefficient (Wildman–Crippen LogP) is 3.88. The fourth-order valence-electron chi connectivity index (χ4n) is 2.10. The maximum absolute atomic E-state index is 13.3. The summed E-state index contributed by atoms with van der Waals surface area (Å²) in [6.07, 6.45) is 2.62. The average molecular weight is 330 g/mol. The van der Waals surface area contributed by atoms with Gasteiger partial charge in [-0.2, -0.15) is 0 Å². The summed E-state index contributed by atoms with van der Waals surface area (Å²) < 4.78 is 18.9. The molecule has 0 saturated heterocycles. The van der Waals surface area contributed by atoms with Crippen molar-refractivity contribution >= 4 is 5.91 Å².